The van der Waals surface area contributed by atoms with Crippen molar-refractivity contribution in [1.29, 1.82) is 0 Å². The van der Waals surface area contributed by atoms with Crippen LogP contribution in [0, 0.1) is 13.8 Å². The fraction of sp³-hybridized carbons (Fsp3) is 0.222. The molecule has 24 heavy (non-hydrogen) atoms. The second-order valence-corrected chi connectivity index (χ2v) is 9.94. The number of hydrogen-bond donors (Lipinski definition) is 0. The molecule has 2 aromatic carbocycles. The van der Waals surface area contributed by atoms with E-state index in [0.717, 1.165) is 24.8 Å². The minimum absolute atomic E-state index is 0.286. The SMILES string of the molecule is Cc1ccc(S(=O)(=O)N2CC(Br)=C(I)C2c2cccc(C)c2)cc1. The molecule has 1 aliphatic heterocycles. The topological polar surface area (TPSA) is 37.4 Å². The largest absolute Gasteiger partial charge is 0.244 e. The summed E-state index contributed by atoms with van der Waals surface area (Å²) in [4.78, 5) is 0.331. The van der Waals surface area contributed by atoms with Crippen molar-refractivity contribution in [1.82, 2.24) is 4.31 Å². The zero-order valence-corrected chi connectivity index (χ0v) is 17.9. The smallest absolute Gasteiger partial charge is 0.207 e. The second-order valence-electron chi connectivity index (χ2n) is 5.93. The number of rotatable bonds is 3. The molecular weight excluding hydrogens is 501 g/mol. The third-order valence-corrected chi connectivity index (χ3v) is 8.55. The maximum absolute atomic E-state index is 13.2. The summed E-state index contributed by atoms with van der Waals surface area (Å²) in [6.45, 7) is 4.32. The fourth-order valence-corrected chi connectivity index (χ4v) is 6.06. The van der Waals surface area contributed by atoms with Crippen LogP contribution in [0.3, 0.4) is 0 Å². The Balaban J connectivity index is 2.08. The summed E-state index contributed by atoms with van der Waals surface area (Å²) in [5, 5.41) is 0. The molecule has 0 saturated heterocycles. The van der Waals surface area contributed by atoms with Crippen LogP contribution in [0.5, 0.6) is 0 Å². The van der Waals surface area contributed by atoms with Crippen LogP contribution in [0.25, 0.3) is 0 Å². The molecule has 1 heterocycles. The van der Waals surface area contributed by atoms with Gasteiger partial charge in [0.25, 0.3) is 0 Å². The number of nitrogens with zero attached hydrogens (tertiary/aromatic N) is 1. The molecule has 1 aliphatic rings. The van der Waals surface area contributed by atoms with E-state index < -0.39 is 10.0 Å². The van der Waals surface area contributed by atoms with Crippen LogP contribution in [-0.4, -0.2) is 19.3 Å². The molecule has 126 valence electrons. The molecule has 0 fully saturated rings. The predicted molar refractivity (Wildman–Crippen MR) is 109 cm³/mol. The monoisotopic (exact) mass is 517 g/mol. The molecule has 6 heteroatoms. The van der Waals surface area contributed by atoms with Crippen molar-refractivity contribution in [3.63, 3.8) is 0 Å². The third kappa shape index (κ3) is 3.34. The van der Waals surface area contributed by atoms with E-state index in [1.54, 1.807) is 16.4 Å². The van der Waals surface area contributed by atoms with Crippen LogP contribution >= 0.6 is 38.5 Å². The lowest BCUT2D eigenvalue weighted by Crippen LogP contribution is -2.32. The van der Waals surface area contributed by atoms with E-state index in [1.165, 1.54) is 0 Å². The van der Waals surface area contributed by atoms with E-state index in [4.69, 9.17) is 0 Å². The van der Waals surface area contributed by atoms with Crippen LogP contribution in [-0.2, 0) is 10.0 Å². The molecule has 0 aromatic heterocycles. The lowest BCUT2D eigenvalue weighted by molar-refractivity contribution is 0.416. The first-order valence-corrected chi connectivity index (χ1v) is 10.8. The van der Waals surface area contributed by atoms with Gasteiger partial charge in [-0.15, -0.1) is 0 Å². The Hall–Kier alpha value is -0.700. The first-order chi connectivity index (χ1) is 11.3. The number of hydrogen-bond acceptors (Lipinski definition) is 2. The molecule has 3 rings (SSSR count). The summed E-state index contributed by atoms with van der Waals surface area (Å²) >= 11 is 5.78. The van der Waals surface area contributed by atoms with Gasteiger partial charge in [-0.1, -0.05) is 63.5 Å². The Labute approximate surface area is 165 Å². The van der Waals surface area contributed by atoms with Crippen LogP contribution < -0.4 is 0 Å². The Morgan fingerprint density at radius 3 is 2.38 bits per heavy atom. The highest BCUT2D eigenvalue weighted by Crippen LogP contribution is 2.45. The number of aryl methyl sites for hydroxylation is 2. The lowest BCUT2D eigenvalue weighted by atomic mass is 10.1. The third-order valence-electron chi connectivity index (χ3n) is 4.07. The minimum Gasteiger partial charge on any atom is -0.207 e. The van der Waals surface area contributed by atoms with Crippen molar-refractivity contribution in [2.45, 2.75) is 24.8 Å². The maximum Gasteiger partial charge on any atom is 0.244 e. The van der Waals surface area contributed by atoms with Gasteiger partial charge in [-0.3, -0.25) is 0 Å². The molecule has 0 bridgehead atoms. The zero-order valence-electron chi connectivity index (χ0n) is 13.3. The van der Waals surface area contributed by atoms with Crippen molar-refractivity contribution >= 4 is 48.5 Å². The predicted octanol–water partition coefficient (Wildman–Crippen LogP) is 5.09. The van der Waals surface area contributed by atoms with Crippen molar-refractivity contribution in [2.75, 3.05) is 6.54 Å². The highest BCUT2D eigenvalue weighted by Gasteiger charge is 2.40. The average molecular weight is 518 g/mol. The standard InChI is InChI=1S/C18H17BrINO2S/c1-12-6-8-15(9-7-12)24(22,23)21-11-16(19)17(20)18(21)14-5-3-4-13(2)10-14/h3-10,18H,11H2,1-2H3. The van der Waals surface area contributed by atoms with Gasteiger partial charge in [0.15, 0.2) is 0 Å². The summed E-state index contributed by atoms with van der Waals surface area (Å²) < 4.78 is 29.9. The molecule has 1 unspecified atom stereocenters. The quantitative estimate of drug-likeness (QED) is 0.532. The summed E-state index contributed by atoms with van der Waals surface area (Å²) in [6, 6.07) is 14.8. The molecule has 0 amide bonds. The Morgan fingerprint density at radius 2 is 1.75 bits per heavy atom. The number of halogens is 2. The van der Waals surface area contributed by atoms with E-state index >= 15 is 0 Å². The van der Waals surface area contributed by atoms with Gasteiger partial charge in [-0.25, -0.2) is 8.42 Å². The molecule has 2 aromatic rings. The van der Waals surface area contributed by atoms with Crippen LogP contribution in [0.4, 0.5) is 0 Å². The van der Waals surface area contributed by atoms with Crippen LogP contribution in [0.15, 0.2) is 61.5 Å². The van der Waals surface area contributed by atoms with Gasteiger partial charge in [-0.2, -0.15) is 4.31 Å². The second kappa shape index (κ2) is 6.90. The van der Waals surface area contributed by atoms with Gasteiger partial charge in [0.1, 0.15) is 0 Å². The lowest BCUT2D eigenvalue weighted by Gasteiger charge is -2.25. The normalized spacial score (nSPS) is 19.1. The summed E-state index contributed by atoms with van der Waals surface area (Å²) in [7, 11) is -3.57. The summed E-state index contributed by atoms with van der Waals surface area (Å²) in [6.07, 6.45) is 0. The highest BCUT2D eigenvalue weighted by molar-refractivity contribution is 14.1. The summed E-state index contributed by atoms with van der Waals surface area (Å²) in [5.41, 5.74) is 3.15. The van der Waals surface area contributed by atoms with Crippen LogP contribution in [0.1, 0.15) is 22.7 Å². The zero-order chi connectivity index (χ0) is 17.5. The minimum atomic E-state index is -3.57. The molecule has 1 atom stereocenters. The average Bonchev–Trinajstić information content (AvgIpc) is 2.84. The molecule has 3 nitrogen and oxygen atoms in total. The highest BCUT2D eigenvalue weighted by atomic mass is 127. The van der Waals surface area contributed by atoms with Gasteiger partial charge in [-0.05, 0) is 54.1 Å². The van der Waals surface area contributed by atoms with Gasteiger partial charge in [0, 0.05) is 14.6 Å². The summed E-state index contributed by atoms with van der Waals surface area (Å²) in [5.74, 6) is 0. The van der Waals surface area contributed by atoms with Gasteiger partial charge in [0.2, 0.25) is 10.0 Å². The van der Waals surface area contributed by atoms with Crippen molar-refractivity contribution in [3.8, 4) is 0 Å². The number of benzene rings is 2. The Morgan fingerprint density at radius 1 is 1.08 bits per heavy atom. The molecule has 0 aliphatic carbocycles. The molecule has 0 spiro atoms. The molecule has 0 N–H and O–H groups in total. The van der Waals surface area contributed by atoms with Gasteiger partial charge < -0.3 is 0 Å². The van der Waals surface area contributed by atoms with E-state index in [1.807, 2.05) is 50.2 Å². The van der Waals surface area contributed by atoms with E-state index in [-0.39, 0.29) is 6.04 Å². The van der Waals surface area contributed by atoms with Crippen molar-refractivity contribution in [3.05, 3.63) is 73.3 Å². The molecule has 0 radical (unpaired) electrons. The van der Waals surface area contributed by atoms with E-state index in [9.17, 15) is 8.42 Å². The first kappa shape index (κ1) is 18.1. The Kier molecular flexibility index (Phi) is 5.20. The van der Waals surface area contributed by atoms with Crippen LogP contribution in [0.2, 0.25) is 0 Å². The van der Waals surface area contributed by atoms with E-state index in [2.05, 4.69) is 38.5 Å². The van der Waals surface area contributed by atoms with Gasteiger partial charge in [0.05, 0.1) is 10.9 Å². The van der Waals surface area contributed by atoms with Crippen molar-refractivity contribution in [2.24, 2.45) is 0 Å². The Bertz CT molecular complexity index is 907. The number of sulfonamides is 1. The van der Waals surface area contributed by atoms with Crippen molar-refractivity contribution < 1.29 is 8.42 Å². The molecule has 0 saturated carbocycles. The first-order valence-electron chi connectivity index (χ1n) is 7.50. The fourth-order valence-electron chi connectivity index (χ4n) is 2.80. The maximum atomic E-state index is 13.2. The van der Waals surface area contributed by atoms with E-state index in [0.29, 0.717) is 11.4 Å². The van der Waals surface area contributed by atoms with Gasteiger partial charge >= 0.3 is 0 Å². The molecular formula is C18H17BrINO2S.